The number of carbonyl (C=O) groups excluding carboxylic acids is 3. The summed E-state index contributed by atoms with van der Waals surface area (Å²) >= 11 is 7.40. The highest BCUT2D eigenvalue weighted by atomic mass is 79.9. The van der Waals surface area contributed by atoms with Gasteiger partial charge in [0.25, 0.3) is 0 Å². The molecule has 0 spiro atoms. The van der Waals surface area contributed by atoms with Crippen molar-refractivity contribution in [1.29, 1.82) is 0 Å². The summed E-state index contributed by atoms with van der Waals surface area (Å²) in [6, 6.07) is 6.70. The van der Waals surface area contributed by atoms with Crippen LogP contribution in [0.2, 0.25) is 0 Å². The Kier molecular flexibility index (Phi) is 5.19. The minimum Gasteiger partial charge on any atom is -0.324 e. The van der Waals surface area contributed by atoms with Crippen LogP contribution in [0.25, 0.3) is 0 Å². The van der Waals surface area contributed by atoms with Gasteiger partial charge in [-0.2, -0.15) is 0 Å². The Hall–Kier alpha value is -1.21. The number of amides is 3. The Morgan fingerprint density at radius 2 is 1.54 bits per heavy atom. The van der Waals surface area contributed by atoms with Crippen LogP contribution in [0, 0.1) is 36.5 Å². The molecule has 1 heterocycles. The molecule has 150 valence electrons. The Balaban J connectivity index is 1.60. The normalized spacial score (nSPS) is 34.9. The average molecular weight is 512 g/mol. The van der Waals surface area contributed by atoms with Gasteiger partial charge in [-0.05, 0) is 43.2 Å². The van der Waals surface area contributed by atoms with Crippen LogP contribution in [0.3, 0.4) is 0 Å². The van der Waals surface area contributed by atoms with Gasteiger partial charge < -0.3 is 5.32 Å². The van der Waals surface area contributed by atoms with Gasteiger partial charge >= 0.3 is 0 Å². The van der Waals surface area contributed by atoms with Crippen LogP contribution in [0.15, 0.2) is 24.3 Å². The number of alkyl halides is 2. The fourth-order valence-electron chi connectivity index (χ4n) is 5.22. The fraction of sp³-hybridized carbons (Fsp3) is 0.571. The second kappa shape index (κ2) is 7.24. The number of anilines is 1. The maximum atomic E-state index is 13.3. The molecule has 1 aromatic carbocycles. The van der Waals surface area contributed by atoms with Crippen molar-refractivity contribution in [2.24, 2.45) is 29.6 Å². The van der Waals surface area contributed by atoms with E-state index in [1.165, 1.54) is 4.90 Å². The number of halogens is 2. The number of nitrogens with one attached hydrogen (secondary N) is 1. The standard InChI is InChI=1S/C21H24Br2N2O3/c1-9(2)18(19(26)24-11-6-4-10(3)5-7-11)25-20(27)14-12-8-13(15(14)21(25)28)17(23)16(12)22/h4-7,9,12-18H,8H2,1-3H3,(H,24,26)/t12-,13-,14-,15-,16-,17+,18+/m1/s1. The van der Waals surface area contributed by atoms with Crippen LogP contribution < -0.4 is 5.32 Å². The molecule has 7 atom stereocenters. The second-order valence-corrected chi connectivity index (χ2v) is 10.7. The Labute approximate surface area is 181 Å². The molecule has 3 amide bonds. The summed E-state index contributed by atoms with van der Waals surface area (Å²) in [5.74, 6) is -1.14. The first-order chi connectivity index (χ1) is 13.2. The van der Waals surface area contributed by atoms with Crippen LogP contribution >= 0.6 is 31.9 Å². The van der Waals surface area contributed by atoms with Crippen LogP contribution in [0.1, 0.15) is 25.8 Å². The molecule has 2 aliphatic carbocycles. The van der Waals surface area contributed by atoms with Crippen molar-refractivity contribution in [3.05, 3.63) is 29.8 Å². The summed E-state index contributed by atoms with van der Waals surface area (Å²) in [6.45, 7) is 5.73. The first-order valence-electron chi connectivity index (χ1n) is 9.75. The fourth-order valence-corrected chi connectivity index (χ4v) is 7.09. The highest BCUT2D eigenvalue weighted by molar-refractivity contribution is 9.12. The monoisotopic (exact) mass is 510 g/mol. The summed E-state index contributed by atoms with van der Waals surface area (Å²) in [6.07, 6.45) is 0.883. The zero-order chi connectivity index (χ0) is 20.3. The van der Waals surface area contributed by atoms with Crippen molar-refractivity contribution < 1.29 is 14.4 Å². The van der Waals surface area contributed by atoms with Crippen LogP contribution in [-0.4, -0.2) is 38.3 Å². The quantitative estimate of drug-likeness (QED) is 0.494. The molecule has 1 N–H and O–H groups in total. The number of imide groups is 1. The van der Waals surface area contributed by atoms with E-state index in [4.69, 9.17) is 0 Å². The number of carbonyl (C=O) groups is 3. The Morgan fingerprint density at radius 1 is 1.04 bits per heavy atom. The molecule has 2 bridgehead atoms. The molecule has 5 nitrogen and oxygen atoms in total. The Bertz CT molecular complexity index is 793. The molecule has 2 saturated carbocycles. The first kappa shape index (κ1) is 20.1. The third kappa shape index (κ3) is 2.96. The van der Waals surface area contributed by atoms with E-state index in [2.05, 4.69) is 37.2 Å². The van der Waals surface area contributed by atoms with E-state index in [0.29, 0.717) is 5.69 Å². The molecule has 7 heteroatoms. The van der Waals surface area contributed by atoms with Gasteiger partial charge in [0.2, 0.25) is 17.7 Å². The van der Waals surface area contributed by atoms with Crippen molar-refractivity contribution in [3.8, 4) is 0 Å². The predicted octanol–water partition coefficient (Wildman–Crippen LogP) is 3.74. The number of hydrogen-bond donors (Lipinski definition) is 1. The van der Waals surface area contributed by atoms with E-state index in [-0.39, 0.29) is 57.0 Å². The summed E-state index contributed by atoms with van der Waals surface area (Å²) in [7, 11) is 0. The number of aryl methyl sites for hydroxylation is 1. The number of hydrogen-bond acceptors (Lipinski definition) is 3. The lowest BCUT2D eigenvalue weighted by Gasteiger charge is -2.29. The third-order valence-electron chi connectivity index (χ3n) is 6.52. The molecule has 3 fully saturated rings. The van der Waals surface area contributed by atoms with Crippen molar-refractivity contribution in [1.82, 2.24) is 4.90 Å². The molecule has 3 aliphatic rings. The van der Waals surface area contributed by atoms with E-state index < -0.39 is 6.04 Å². The lowest BCUT2D eigenvalue weighted by Crippen LogP contribution is -2.51. The molecular weight excluding hydrogens is 488 g/mol. The van der Waals surface area contributed by atoms with Crippen molar-refractivity contribution in [2.75, 3.05) is 5.32 Å². The van der Waals surface area contributed by atoms with Crippen LogP contribution in [0.5, 0.6) is 0 Å². The zero-order valence-corrected chi connectivity index (χ0v) is 19.2. The molecule has 1 aromatic rings. The van der Waals surface area contributed by atoms with Gasteiger partial charge in [-0.25, -0.2) is 0 Å². The van der Waals surface area contributed by atoms with Gasteiger partial charge in [0.1, 0.15) is 6.04 Å². The molecule has 0 unspecified atom stereocenters. The minimum atomic E-state index is -0.797. The summed E-state index contributed by atoms with van der Waals surface area (Å²) in [5, 5.41) is 2.89. The van der Waals surface area contributed by atoms with E-state index in [1.807, 2.05) is 45.0 Å². The predicted molar refractivity (Wildman–Crippen MR) is 114 cm³/mol. The number of fused-ring (bicyclic) bond motifs is 5. The highest BCUT2D eigenvalue weighted by Gasteiger charge is 2.67. The lowest BCUT2D eigenvalue weighted by atomic mass is 9.81. The van der Waals surface area contributed by atoms with Crippen LogP contribution in [-0.2, 0) is 14.4 Å². The lowest BCUT2D eigenvalue weighted by molar-refractivity contribution is -0.148. The van der Waals surface area contributed by atoms with Gasteiger partial charge in [0, 0.05) is 15.3 Å². The molecule has 28 heavy (non-hydrogen) atoms. The third-order valence-corrected chi connectivity index (χ3v) is 9.73. The van der Waals surface area contributed by atoms with E-state index in [0.717, 1.165) is 12.0 Å². The molecule has 0 radical (unpaired) electrons. The molecule has 1 saturated heterocycles. The number of rotatable bonds is 4. The summed E-state index contributed by atoms with van der Waals surface area (Å²) in [4.78, 5) is 41.3. The van der Waals surface area contributed by atoms with Crippen molar-refractivity contribution >= 4 is 55.3 Å². The van der Waals surface area contributed by atoms with Crippen molar-refractivity contribution in [3.63, 3.8) is 0 Å². The van der Waals surface area contributed by atoms with Crippen LogP contribution in [0.4, 0.5) is 5.69 Å². The SMILES string of the molecule is Cc1ccc(NC(=O)[C@H](C(C)C)N2C(=O)[C@@H]3[C@H]4C[C@@H]([C@@H](Br)[C@H]4Br)[C@H]3C2=O)cc1. The maximum absolute atomic E-state index is 13.3. The largest absolute Gasteiger partial charge is 0.324 e. The average Bonchev–Trinajstić information content (AvgIpc) is 3.24. The number of likely N-dealkylation sites (tertiary alicyclic amines) is 1. The Morgan fingerprint density at radius 3 is 2.00 bits per heavy atom. The van der Waals surface area contributed by atoms with E-state index in [1.54, 1.807) is 0 Å². The number of benzene rings is 1. The smallest absolute Gasteiger partial charge is 0.247 e. The molecular formula is C21H24Br2N2O3. The molecule has 1 aliphatic heterocycles. The first-order valence-corrected chi connectivity index (χ1v) is 11.6. The van der Waals surface area contributed by atoms with Gasteiger partial charge in [-0.15, -0.1) is 0 Å². The van der Waals surface area contributed by atoms with Gasteiger partial charge in [-0.1, -0.05) is 63.4 Å². The summed E-state index contributed by atoms with van der Waals surface area (Å²) in [5.41, 5.74) is 1.77. The topological polar surface area (TPSA) is 66.5 Å². The van der Waals surface area contributed by atoms with Crippen molar-refractivity contribution in [2.45, 2.75) is 42.9 Å². The number of nitrogens with zero attached hydrogens (tertiary/aromatic N) is 1. The van der Waals surface area contributed by atoms with Gasteiger partial charge in [0.05, 0.1) is 11.8 Å². The summed E-state index contributed by atoms with van der Waals surface area (Å²) < 4.78 is 0. The maximum Gasteiger partial charge on any atom is 0.247 e. The van der Waals surface area contributed by atoms with Gasteiger partial charge in [-0.3, -0.25) is 19.3 Å². The van der Waals surface area contributed by atoms with Gasteiger partial charge in [0.15, 0.2) is 0 Å². The molecule has 4 rings (SSSR count). The van der Waals surface area contributed by atoms with E-state index in [9.17, 15) is 14.4 Å². The van der Waals surface area contributed by atoms with E-state index >= 15 is 0 Å². The highest BCUT2D eigenvalue weighted by Crippen LogP contribution is 2.60. The molecule has 0 aromatic heterocycles. The zero-order valence-electron chi connectivity index (χ0n) is 16.1. The second-order valence-electron chi connectivity index (χ2n) is 8.59. The minimum absolute atomic E-state index is 0.147.